The summed E-state index contributed by atoms with van der Waals surface area (Å²) < 4.78 is 10.8. The van der Waals surface area contributed by atoms with Gasteiger partial charge in [-0.1, -0.05) is 18.6 Å². The largest absolute Gasteiger partial charge is 0.490 e. The predicted molar refractivity (Wildman–Crippen MR) is 109 cm³/mol. The average molecular weight is 403 g/mol. The second kappa shape index (κ2) is 10.3. The van der Waals surface area contributed by atoms with E-state index in [0.717, 1.165) is 19.6 Å². The molecule has 1 amide bonds. The summed E-state index contributed by atoms with van der Waals surface area (Å²) in [6, 6.07) is 7.34. The Labute approximate surface area is 171 Å². The highest BCUT2D eigenvalue weighted by atomic mass is 16.5. The summed E-state index contributed by atoms with van der Waals surface area (Å²) in [4.78, 5) is 28.7. The van der Waals surface area contributed by atoms with Gasteiger partial charge in [-0.2, -0.15) is 0 Å². The molecule has 1 saturated heterocycles. The lowest BCUT2D eigenvalue weighted by molar-refractivity contribution is -0.136. The quantitative estimate of drug-likeness (QED) is 0.599. The number of aliphatic hydroxyl groups is 1. The minimum absolute atomic E-state index is 0.104. The molecule has 8 heteroatoms. The van der Waals surface area contributed by atoms with E-state index in [1.807, 2.05) is 18.2 Å². The van der Waals surface area contributed by atoms with Gasteiger partial charge < -0.3 is 24.8 Å². The van der Waals surface area contributed by atoms with Crippen LogP contribution in [0.4, 0.5) is 5.69 Å². The number of nitrogens with one attached hydrogen (secondary N) is 1. The van der Waals surface area contributed by atoms with Gasteiger partial charge in [0.15, 0.2) is 0 Å². The topological polar surface area (TPSA) is 91.3 Å². The van der Waals surface area contributed by atoms with Gasteiger partial charge in [0.2, 0.25) is 0 Å². The molecule has 2 aliphatic rings. The van der Waals surface area contributed by atoms with Crippen LogP contribution >= 0.6 is 0 Å². The first-order chi connectivity index (χ1) is 14.1. The first kappa shape index (κ1) is 21.1. The first-order valence-electron chi connectivity index (χ1n) is 10.1. The summed E-state index contributed by atoms with van der Waals surface area (Å²) in [6.45, 7) is 3.69. The van der Waals surface area contributed by atoms with Crippen molar-refractivity contribution in [1.29, 1.82) is 0 Å². The van der Waals surface area contributed by atoms with E-state index in [0.29, 0.717) is 18.0 Å². The SMILES string of the molecule is COC(=O)C1=C(Nc2ccccc2OCCN2CCCCC2)C(=O)N(CCO)C1. The van der Waals surface area contributed by atoms with Crippen molar-refractivity contribution in [2.24, 2.45) is 0 Å². The van der Waals surface area contributed by atoms with E-state index in [-0.39, 0.29) is 36.9 Å². The van der Waals surface area contributed by atoms with Crippen molar-refractivity contribution in [3.05, 3.63) is 35.5 Å². The summed E-state index contributed by atoms with van der Waals surface area (Å²) in [6.07, 6.45) is 3.76. The Morgan fingerprint density at radius 1 is 1.17 bits per heavy atom. The van der Waals surface area contributed by atoms with Crippen LogP contribution in [0.15, 0.2) is 35.5 Å². The van der Waals surface area contributed by atoms with Gasteiger partial charge in [0, 0.05) is 13.1 Å². The molecule has 0 bridgehead atoms. The summed E-state index contributed by atoms with van der Waals surface area (Å²) >= 11 is 0. The molecule has 1 fully saturated rings. The Morgan fingerprint density at radius 3 is 2.66 bits per heavy atom. The van der Waals surface area contributed by atoms with Gasteiger partial charge >= 0.3 is 5.97 Å². The van der Waals surface area contributed by atoms with Crippen LogP contribution in [-0.4, -0.2) is 79.8 Å². The molecule has 29 heavy (non-hydrogen) atoms. The molecule has 2 aliphatic heterocycles. The van der Waals surface area contributed by atoms with Gasteiger partial charge in [-0.25, -0.2) is 4.79 Å². The Hall–Kier alpha value is -2.58. The summed E-state index contributed by atoms with van der Waals surface area (Å²) in [5, 5.41) is 12.2. The number of esters is 1. The molecule has 0 unspecified atom stereocenters. The van der Waals surface area contributed by atoms with Crippen molar-refractivity contribution < 1.29 is 24.2 Å². The number of aliphatic hydroxyl groups excluding tert-OH is 1. The minimum atomic E-state index is -0.565. The van der Waals surface area contributed by atoms with Crippen molar-refractivity contribution >= 4 is 17.6 Å². The van der Waals surface area contributed by atoms with Crippen molar-refractivity contribution in [3.8, 4) is 5.75 Å². The van der Waals surface area contributed by atoms with Gasteiger partial charge in [0.05, 0.1) is 31.5 Å². The maximum Gasteiger partial charge on any atom is 0.337 e. The van der Waals surface area contributed by atoms with E-state index in [1.165, 1.54) is 31.3 Å². The molecule has 0 radical (unpaired) electrons. The number of benzene rings is 1. The predicted octanol–water partition coefficient (Wildman–Crippen LogP) is 1.22. The number of carbonyl (C=O) groups excluding carboxylic acids is 2. The van der Waals surface area contributed by atoms with Crippen LogP contribution in [0.1, 0.15) is 19.3 Å². The smallest absolute Gasteiger partial charge is 0.337 e. The molecular weight excluding hydrogens is 374 g/mol. The van der Waals surface area contributed by atoms with Crippen LogP contribution in [0.3, 0.4) is 0 Å². The molecule has 0 atom stereocenters. The van der Waals surface area contributed by atoms with Crippen LogP contribution in [-0.2, 0) is 14.3 Å². The maximum atomic E-state index is 12.7. The monoisotopic (exact) mass is 403 g/mol. The molecule has 1 aromatic rings. The highest BCUT2D eigenvalue weighted by molar-refractivity contribution is 6.08. The fourth-order valence-corrected chi connectivity index (χ4v) is 3.65. The second-order valence-electron chi connectivity index (χ2n) is 7.17. The number of methoxy groups -OCH3 is 1. The number of likely N-dealkylation sites (tertiary alicyclic amines) is 1. The van der Waals surface area contributed by atoms with Crippen LogP contribution in [0, 0.1) is 0 Å². The summed E-state index contributed by atoms with van der Waals surface area (Å²) in [7, 11) is 1.28. The Morgan fingerprint density at radius 2 is 1.93 bits per heavy atom. The third-order valence-corrected chi connectivity index (χ3v) is 5.21. The van der Waals surface area contributed by atoms with Crippen molar-refractivity contribution in [1.82, 2.24) is 9.80 Å². The fraction of sp³-hybridized carbons (Fsp3) is 0.524. The number of ether oxygens (including phenoxy) is 2. The van der Waals surface area contributed by atoms with Crippen molar-refractivity contribution in [3.63, 3.8) is 0 Å². The number of amides is 1. The molecule has 0 saturated carbocycles. The first-order valence-corrected chi connectivity index (χ1v) is 10.1. The number of para-hydroxylation sites is 2. The molecule has 1 aromatic carbocycles. The average Bonchev–Trinajstić information content (AvgIpc) is 3.05. The normalized spacial score (nSPS) is 17.6. The minimum Gasteiger partial charge on any atom is -0.490 e. The van der Waals surface area contributed by atoms with Gasteiger partial charge in [-0.3, -0.25) is 9.69 Å². The molecule has 0 aliphatic carbocycles. The van der Waals surface area contributed by atoms with E-state index < -0.39 is 5.97 Å². The van der Waals surface area contributed by atoms with Crippen LogP contribution < -0.4 is 10.1 Å². The highest BCUT2D eigenvalue weighted by Crippen LogP contribution is 2.29. The van der Waals surface area contributed by atoms with E-state index in [9.17, 15) is 14.7 Å². The molecular formula is C21H29N3O5. The molecule has 2 heterocycles. The van der Waals surface area contributed by atoms with E-state index >= 15 is 0 Å². The number of hydrogen-bond donors (Lipinski definition) is 2. The lowest BCUT2D eigenvalue weighted by Gasteiger charge is -2.26. The molecule has 2 N–H and O–H groups in total. The highest BCUT2D eigenvalue weighted by Gasteiger charge is 2.34. The standard InChI is InChI=1S/C21H29N3O5/c1-28-21(27)16-15-24(11-13-25)20(26)19(16)22-17-7-3-4-8-18(17)29-14-12-23-9-5-2-6-10-23/h3-4,7-8,22,25H,2,5-6,9-15H2,1H3. The fourth-order valence-electron chi connectivity index (χ4n) is 3.65. The van der Waals surface area contributed by atoms with Crippen LogP contribution in [0.2, 0.25) is 0 Å². The summed E-state index contributed by atoms with van der Waals surface area (Å²) in [5.41, 5.74) is 1.02. The lowest BCUT2D eigenvalue weighted by Crippen LogP contribution is -2.33. The number of anilines is 1. The van der Waals surface area contributed by atoms with Gasteiger partial charge in [0.1, 0.15) is 18.1 Å². The Bertz CT molecular complexity index is 758. The number of hydrogen-bond acceptors (Lipinski definition) is 7. The van der Waals surface area contributed by atoms with E-state index in [2.05, 4.69) is 10.2 Å². The van der Waals surface area contributed by atoms with Crippen LogP contribution in [0.5, 0.6) is 5.75 Å². The number of carbonyl (C=O) groups is 2. The number of β-amino-alcohol motifs (C(OH)–C–C–N with tert-alkyl or cyclic N) is 1. The van der Waals surface area contributed by atoms with Gasteiger partial charge in [-0.05, 0) is 38.1 Å². The number of nitrogens with zero attached hydrogens (tertiary/aromatic N) is 2. The lowest BCUT2D eigenvalue weighted by atomic mass is 10.1. The molecule has 3 rings (SSSR count). The molecule has 158 valence electrons. The molecule has 0 aromatic heterocycles. The zero-order valence-corrected chi connectivity index (χ0v) is 16.9. The second-order valence-corrected chi connectivity index (χ2v) is 7.17. The van der Waals surface area contributed by atoms with Crippen LogP contribution in [0.25, 0.3) is 0 Å². The number of rotatable bonds is 9. The van der Waals surface area contributed by atoms with Crippen molar-refractivity contribution in [2.75, 3.05) is 58.4 Å². The summed E-state index contributed by atoms with van der Waals surface area (Å²) in [5.74, 6) is -0.290. The van der Waals surface area contributed by atoms with Crippen molar-refractivity contribution in [2.45, 2.75) is 19.3 Å². The Balaban J connectivity index is 1.70. The third-order valence-electron chi connectivity index (χ3n) is 5.21. The van der Waals surface area contributed by atoms with E-state index in [4.69, 9.17) is 9.47 Å². The maximum absolute atomic E-state index is 12.7. The third kappa shape index (κ3) is 5.27. The zero-order valence-electron chi connectivity index (χ0n) is 16.9. The van der Waals surface area contributed by atoms with Gasteiger partial charge in [-0.15, -0.1) is 0 Å². The zero-order chi connectivity index (χ0) is 20.6. The molecule has 8 nitrogen and oxygen atoms in total. The van der Waals surface area contributed by atoms with E-state index in [1.54, 1.807) is 6.07 Å². The molecule has 0 spiro atoms. The van der Waals surface area contributed by atoms with Gasteiger partial charge in [0.25, 0.3) is 5.91 Å². The Kier molecular flexibility index (Phi) is 7.48. The number of piperidine rings is 1.